The summed E-state index contributed by atoms with van der Waals surface area (Å²) >= 11 is 0. The summed E-state index contributed by atoms with van der Waals surface area (Å²) in [4.78, 5) is 23.4. The lowest BCUT2D eigenvalue weighted by molar-refractivity contribution is -0.128. The van der Waals surface area contributed by atoms with E-state index < -0.39 is 11.8 Å². The number of carbonyl (C=O) groups excluding carboxylic acids is 2. The monoisotopic (exact) mass is 347 g/mol. The second kappa shape index (κ2) is 6.96. The topological polar surface area (TPSA) is 64.0 Å². The van der Waals surface area contributed by atoms with Crippen molar-refractivity contribution in [1.29, 1.82) is 0 Å². The predicted octanol–water partition coefficient (Wildman–Crippen LogP) is 3.48. The standard InChI is InChI=1S/C21H21N3O2/c1-5-19(25)23-21(26)14(3)15-6-8-16(9-7-15)17-10-13(2)20-18(11-17)12-22-24(20)4/h5-12,14H,1H2,2-4H3,(H,23,25,26)/t14-/m0/s1. The van der Waals surface area contributed by atoms with Gasteiger partial charge in [-0.3, -0.25) is 19.6 Å². The van der Waals surface area contributed by atoms with Crippen molar-refractivity contribution < 1.29 is 9.59 Å². The normalized spacial score (nSPS) is 12.0. The number of imide groups is 1. The molecule has 0 spiro atoms. The molecule has 2 aromatic carbocycles. The summed E-state index contributed by atoms with van der Waals surface area (Å²) < 4.78 is 1.88. The van der Waals surface area contributed by atoms with Gasteiger partial charge < -0.3 is 0 Å². The highest BCUT2D eigenvalue weighted by Gasteiger charge is 2.17. The molecule has 3 rings (SSSR count). The van der Waals surface area contributed by atoms with Gasteiger partial charge in [-0.15, -0.1) is 0 Å². The number of fused-ring (bicyclic) bond motifs is 1. The number of hydrogen-bond acceptors (Lipinski definition) is 3. The van der Waals surface area contributed by atoms with Gasteiger partial charge in [-0.2, -0.15) is 5.10 Å². The molecule has 0 fully saturated rings. The molecule has 0 aliphatic heterocycles. The fourth-order valence-corrected chi connectivity index (χ4v) is 3.12. The molecule has 5 nitrogen and oxygen atoms in total. The number of benzene rings is 2. The van der Waals surface area contributed by atoms with Crippen LogP contribution in [0, 0.1) is 6.92 Å². The third-order valence-electron chi connectivity index (χ3n) is 4.59. The average molecular weight is 347 g/mol. The van der Waals surface area contributed by atoms with Gasteiger partial charge in [0.05, 0.1) is 17.6 Å². The van der Waals surface area contributed by atoms with Gasteiger partial charge in [-0.05, 0) is 54.3 Å². The van der Waals surface area contributed by atoms with Crippen LogP contribution in [0.25, 0.3) is 22.0 Å². The molecule has 1 aromatic heterocycles. The number of nitrogens with zero attached hydrogens (tertiary/aromatic N) is 2. The van der Waals surface area contributed by atoms with Crippen LogP contribution < -0.4 is 5.32 Å². The van der Waals surface area contributed by atoms with Gasteiger partial charge in [-0.25, -0.2) is 0 Å². The maximum Gasteiger partial charge on any atom is 0.249 e. The molecular weight excluding hydrogens is 326 g/mol. The van der Waals surface area contributed by atoms with Gasteiger partial charge in [0.15, 0.2) is 0 Å². The molecule has 26 heavy (non-hydrogen) atoms. The lowest BCUT2D eigenvalue weighted by Gasteiger charge is -2.12. The van der Waals surface area contributed by atoms with Gasteiger partial charge in [0.1, 0.15) is 0 Å². The number of aromatic nitrogens is 2. The van der Waals surface area contributed by atoms with Crippen LogP contribution in [0.1, 0.15) is 24.0 Å². The molecule has 2 amide bonds. The first-order valence-electron chi connectivity index (χ1n) is 8.40. The Morgan fingerprint density at radius 1 is 1.19 bits per heavy atom. The first-order chi connectivity index (χ1) is 12.4. The molecule has 132 valence electrons. The fourth-order valence-electron chi connectivity index (χ4n) is 3.12. The minimum atomic E-state index is -0.487. The van der Waals surface area contributed by atoms with E-state index in [0.29, 0.717) is 0 Å². The highest BCUT2D eigenvalue weighted by atomic mass is 16.2. The lowest BCUT2D eigenvalue weighted by Crippen LogP contribution is -2.32. The Bertz CT molecular complexity index is 1000. The van der Waals surface area contributed by atoms with Crippen LogP contribution in [0.15, 0.2) is 55.3 Å². The fraction of sp³-hybridized carbons (Fsp3) is 0.190. The molecule has 0 saturated carbocycles. The molecule has 0 bridgehead atoms. The smallest absolute Gasteiger partial charge is 0.249 e. The molecular formula is C21H21N3O2. The number of amides is 2. The molecule has 0 aliphatic carbocycles. The third kappa shape index (κ3) is 3.28. The van der Waals surface area contributed by atoms with Crippen molar-refractivity contribution in [3.05, 3.63) is 66.4 Å². The maximum atomic E-state index is 12.1. The Kier molecular flexibility index (Phi) is 4.71. The molecule has 0 aliphatic rings. The van der Waals surface area contributed by atoms with E-state index in [0.717, 1.165) is 39.2 Å². The van der Waals surface area contributed by atoms with Crippen LogP contribution in [0.5, 0.6) is 0 Å². The van der Waals surface area contributed by atoms with E-state index >= 15 is 0 Å². The Balaban J connectivity index is 1.87. The zero-order valence-electron chi connectivity index (χ0n) is 15.1. The first kappa shape index (κ1) is 17.6. The first-order valence-corrected chi connectivity index (χ1v) is 8.40. The summed E-state index contributed by atoms with van der Waals surface area (Å²) in [5, 5.41) is 7.71. The van der Waals surface area contributed by atoms with Crippen LogP contribution in [0.2, 0.25) is 0 Å². The van der Waals surface area contributed by atoms with E-state index in [1.165, 1.54) is 0 Å². The number of rotatable bonds is 4. The number of hydrogen-bond donors (Lipinski definition) is 1. The summed E-state index contributed by atoms with van der Waals surface area (Å²) in [6.07, 6.45) is 2.95. The van der Waals surface area contributed by atoms with E-state index in [4.69, 9.17) is 0 Å². The molecule has 0 saturated heterocycles. The Morgan fingerprint density at radius 3 is 2.54 bits per heavy atom. The maximum absolute atomic E-state index is 12.1. The van der Waals surface area contributed by atoms with Crippen molar-refractivity contribution in [2.75, 3.05) is 0 Å². The Hall–Kier alpha value is -3.21. The van der Waals surface area contributed by atoms with Crippen molar-refractivity contribution in [3.8, 4) is 11.1 Å². The molecule has 0 unspecified atom stereocenters. The van der Waals surface area contributed by atoms with Crippen molar-refractivity contribution in [2.45, 2.75) is 19.8 Å². The van der Waals surface area contributed by atoms with E-state index in [-0.39, 0.29) is 5.91 Å². The summed E-state index contributed by atoms with van der Waals surface area (Å²) in [6.45, 7) is 7.20. The van der Waals surface area contributed by atoms with Crippen molar-refractivity contribution in [3.63, 3.8) is 0 Å². The minimum Gasteiger partial charge on any atom is -0.292 e. The number of carbonyl (C=O) groups is 2. The molecule has 1 heterocycles. The summed E-state index contributed by atoms with van der Waals surface area (Å²) in [6, 6.07) is 12.1. The molecule has 1 N–H and O–H groups in total. The van der Waals surface area contributed by atoms with Crippen LogP contribution in [0.4, 0.5) is 0 Å². The van der Waals surface area contributed by atoms with Gasteiger partial charge in [0.2, 0.25) is 11.8 Å². The van der Waals surface area contributed by atoms with Crippen molar-refractivity contribution in [1.82, 2.24) is 15.1 Å². The Labute approximate surface area is 152 Å². The van der Waals surface area contributed by atoms with Crippen LogP contribution >= 0.6 is 0 Å². The minimum absolute atomic E-state index is 0.338. The number of nitrogens with one attached hydrogen (secondary N) is 1. The highest BCUT2D eigenvalue weighted by Crippen LogP contribution is 2.28. The number of aryl methyl sites for hydroxylation is 2. The average Bonchev–Trinajstić information content (AvgIpc) is 3.02. The predicted molar refractivity (Wildman–Crippen MR) is 103 cm³/mol. The van der Waals surface area contributed by atoms with Gasteiger partial charge in [0.25, 0.3) is 0 Å². The second-order valence-electron chi connectivity index (χ2n) is 6.40. The second-order valence-corrected chi connectivity index (χ2v) is 6.40. The molecule has 0 radical (unpaired) electrons. The lowest BCUT2D eigenvalue weighted by atomic mass is 9.95. The van der Waals surface area contributed by atoms with E-state index in [9.17, 15) is 9.59 Å². The van der Waals surface area contributed by atoms with Crippen LogP contribution in [-0.4, -0.2) is 21.6 Å². The SMILES string of the molecule is C=CC(=O)NC(=O)[C@@H](C)c1ccc(-c2cc(C)c3c(cnn3C)c2)cc1. The van der Waals surface area contributed by atoms with E-state index in [2.05, 4.69) is 36.1 Å². The van der Waals surface area contributed by atoms with Gasteiger partial charge in [-0.1, -0.05) is 30.8 Å². The summed E-state index contributed by atoms with van der Waals surface area (Å²) in [5.74, 6) is -1.25. The Morgan fingerprint density at radius 2 is 1.88 bits per heavy atom. The molecule has 1 atom stereocenters. The molecule has 5 heteroatoms. The van der Waals surface area contributed by atoms with E-state index in [1.54, 1.807) is 6.92 Å². The van der Waals surface area contributed by atoms with Crippen LogP contribution in [-0.2, 0) is 16.6 Å². The quantitative estimate of drug-likeness (QED) is 0.735. The summed E-state index contributed by atoms with van der Waals surface area (Å²) in [5.41, 5.74) is 5.31. The van der Waals surface area contributed by atoms with Crippen LogP contribution in [0.3, 0.4) is 0 Å². The van der Waals surface area contributed by atoms with Gasteiger partial charge in [0, 0.05) is 12.4 Å². The van der Waals surface area contributed by atoms with E-state index in [1.807, 2.05) is 42.2 Å². The molecule has 3 aromatic rings. The summed E-state index contributed by atoms with van der Waals surface area (Å²) in [7, 11) is 1.94. The largest absolute Gasteiger partial charge is 0.292 e. The van der Waals surface area contributed by atoms with Crippen molar-refractivity contribution in [2.24, 2.45) is 7.05 Å². The zero-order chi connectivity index (χ0) is 18.8. The highest BCUT2D eigenvalue weighted by molar-refractivity contribution is 6.02. The zero-order valence-corrected chi connectivity index (χ0v) is 15.1. The van der Waals surface area contributed by atoms with Gasteiger partial charge >= 0.3 is 0 Å². The third-order valence-corrected chi connectivity index (χ3v) is 4.59. The van der Waals surface area contributed by atoms with Crippen molar-refractivity contribution >= 4 is 22.7 Å².